The topological polar surface area (TPSA) is 84.9 Å². The summed E-state index contributed by atoms with van der Waals surface area (Å²) < 4.78 is 0. The van der Waals surface area contributed by atoms with Gasteiger partial charge >= 0.3 is 12.0 Å². The quantitative estimate of drug-likeness (QED) is 0.745. The number of amides is 2. The lowest BCUT2D eigenvalue weighted by Gasteiger charge is -2.32. The molecule has 1 aliphatic rings. The highest BCUT2D eigenvalue weighted by Crippen LogP contribution is 2.04. The Hall–Kier alpha value is -2.12. The summed E-state index contributed by atoms with van der Waals surface area (Å²) in [6.07, 6.45) is 0. The maximum atomic E-state index is 11.8. The average molecular weight is 292 g/mol. The van der Waals surface area contributed by atoms with E-state index in [2.05, 4.69) is 22.7 Å². The van der Waals surface area contributed by atoms with Crippen LogP contribution in [-0.2, 0) is 6.54 Å². The molecule has 0 unspecified atom stereocenters. The number of nitrogens with one attached hydrogen (secondary N) is 2. The van der Waals surface area contributed by atoms with Crippen LogP contribution in [0.3, 0.4) is 0 Å². The number of carbonyl (C=O) groups is 2. The first-order valence-corrected chi connectivity index (χ1v) is 6.85. The molecule has 0 aliphatic carbocycles. The zero-order valence-corrected chi connectivity index (χ0v) is 12.0. The second kappa shape index (κ2) is 7.05. The van der Waals surface area contributed by atoms with E-state index in [4.69, 9.17) is 5.11 Å². The number of carbonyl (C=O) groups excluding carboxylic acids is 1. The lowest BCUT2D eigenvalue weighted by Crippen LogP contribution is -2.54. The lowest BCUT2D eigenvalue weighted by atomic mass is 10.1. The molecule has 7 heteroatoms. The molecular weight excluding hydrogens is 272 g/mol. The predicted molar refractivity (Wildman–Crippen MR) is 77.8 cm³/mol. The van der Waals surface area contributed by atoms with Crippen LogP contribution in [-0.4, -0.2) is 60.2 Å². The van der Waals surface area contributed by atoms with Crippen molar-refractivity contribution in [1.29, 1.82) is 0 Å². The number of carboxylic acid groups (broad SMARTS) is 1. The summed E-state index contributed by atoms with van der Waals surface area (Å²) in [4.78, 5) is 24.7. The SMILES string of the molecule is CN1CCN(NC(=O)NCc2ccc(C(=O)O)cc2)CC1. The number of benzene rings is 1. The van der Waals surface area contributed by atoms with E-state index in [1.807, 2.05) is 5.01 Å². The van der Waals surface area contributed by atoms with Gasteiger partial charge in [-0.05, 0) is 24.7 Å². The van der Waals surface area contributed by atoms with Crippen molar-refractivity contribution in [3.05, 3.63) is 35.4 Å². The molecule has 0 spiro atoms. The molecule has 1 aromatic carbocycles. The van der Waals surface area contributed by atoms with Crippen LogP contribution in [0.15, 0.2) is 24.3 Å². The maximum absolute atomic E-state index is 11.8. The Morgan fingerprint density at radius 1 is 1.14 bits per heavy atom. The van der Waals surface area contributed by atoms with E-state index < -0.39 is 5.97 Å². The summed E-state index contributed by atoms with van der Waals surface area (Å²) in [7, 11) is 2.05. The minimum absolute atomic E-state index is 0.237. The van der Waals surface area contributed by atoms with Gasteiger partial charge in [0.2, 0.25) is 0 Å². The number of urea groups is 1. The average Bonchev–Trinajstić information content (AvgIpc) is 2.48. The third-order valence-electron chi connectivity index (χ3n) is 3.42. The second-order valence-corrected chi connectivity index (χ2v) is 5.09. The first-order valence-electron chi connectivity index (χ1n) is 6.85. The molecule has 7 nitrogen and oxygen atoms in total. The van der Waals surface area contributed by atoms with Gasteiger partial charge in [0.15, 0.2) is 0 Å². The standard InChI is InChI=1S/C14H20N4O3/c1-17-6-8-18(9-7-17)16-14(21)15-10-11-2-4-12(5-3-11)13(19)20/h2-5H,6-10H2,1H3,(H,19,20)(H2,15,16,21). The predicted octanol–water partition coefficient (Wildman–Crippen LogP) is 0.346. The number of nitrogens with zero attached hydrogens (tertiary/aromatic N) is 2. The van der Waals surface area contributed by atoms with Crippen molar-refractivity contribution in [2.24, 2.45) is 0 Å². The highest BCUT2D eigenvalue weighted by atomic mass is 16.4. The number of carboxylic acids is 1. The summed E-state index contributed by atoms with van der Waals surface area (Å²) in [5.41, 5.74) is 3.89. The van der Waals surface area contributed by atoms with Crippen LogP contribution < -0.4 is 10.7 Å². The molecule has 1 heterocycles. The van der Waals surface area contributed by atoms with E-state index >= 15 is 0 Å². The van der Waals surface area contributed by atoms with Gasteiger partial charge in [-0.25, -0.2) is 14.6 Å². The Bertz CT molecular complexity index is 495. The molecule has 1 aliphatic heterocycles. The van der Waals surface area contributed by atoms with Crippen molar-refractivity contribution >= 4 is 12.0 Å². The van der Waals surface area contributed by atoms with Gasteiger partial charge in [0, 0.05) is 32.7 Å². The highest BCUT2D eigenvalue weighted by molar-refractivity contribution is 5.87. The minimum Gasteiger partial charge on any atom is -0.478 e. The van der Waals surface area contributed by atoms with E-state index in [9.17, 15) is 9.59 Å². The minimum atomic E-state index is -0.956. The molecule has 2 amide bonds. The molecule has 114 valence electrons. The summed E-state index contributed by atoms with van der Waals surface area (Å²) >= 11 is 0. The zero-order chi connectivity index (χ0) is 15.2. The molecule has 1 saturated heterocycles. The third kappa shape index (κ3) is 4.73. The number of hydrazine groups is 1. The number of aromatic carboxylic acids is 1. The maximum Gasteiger partial charge on any atom is 0.335 e. The van der Waals surface area contributed by atoms with Crippen LogP contribution in [0.25, 0.3) is 0 Å². The van der Waals surface area contributed by atoms with E-state index in [1.54, 1.807) is 12.1 Å². The second-order valence-electron chi connectivity index (χ2n) is 5.09. The van der Waals surface area contributed by atoms with E-state index in [0.717, 1.165) is 31.7 Å². The van der Waals surface area contributed by atoms with Crippen molar-refractivity contribution < 1.29 is 14.7 Å². The Labute approximate surface area is 123 Å². The number of hydrogen-bond donors (Lipinski definition) is 3. The van der Waals surface area contributed by atoms with Gasteiger partial charge in [-0.15, -0.1) is 0 Å². The molecule has 0 saturated carbocycles. The fourth-order valence-corrected chi connectivity index (χ4v) is 2.05. The molecular formula is C14H20N4O3. The monoisotopic (exact) mass is 292 g/mol. The molecule has 1 fully saturated rings. The van der Waals surface area contributed by atoms with Crippen molar-refractivity contribution in [2.45, 2.75) is 6.54 Å². The largest absolute Gasteiger partial charge is 0.478 e. The van der Waals surface area contributed by atoms with Crippen molar-refractivity contribution in [3.63, 3.8) is 0 Å². The number of rotatable bonds is 4. The fourth-order valence-electron chi connectivity index (χ4n) is 2.05. The molecule has 0 aromatic heterocycles. The molecule has 0 atom stereocenters. The zero-order valence-electron chi connectivity index (χ0n) is 12.0. The summed E-state index contributed by atoms with van der Waals surface area (Å²) in [6, 6.07) is 6.19. The molecule has 0 radical (unpaired) electrons. The van der Waals surface area contributed by atoms with E-state index in [1.165, 1.54) is 12.1 Å². The Balaban J connectivity index is 1.74. The van der Waals surface area contributed by atoms with Crippen molar-refractivity contribution in [3.8, 4) is 0 Å². The van der Waals surface area contributed by atoms with Gasteiger partial charge in [0.05, 0.1) is 5.56 Å². The van der Waals surface area contributed by atoms with E-state index in [0.29, 0.717) is 6.54 Å². The van der Waals surface area contributed by atoms with Gasteiger partial charge in [-0.2, -0.15) is 0 Å². The van der Waals surface area contributed by atoms with Crippen LogP contribution in [0.2, 0.25) is 0 Å². The molecule has 21 heavy (non-hydrogen) atoms. The van der Waals surface area contributed by atoms with Gasteiger partial charge in [0.1, 0.15) is 0 Å². The van der Waals surface area contributed by atoms with Crippen molar-refractivity contribution in [1.82, 2.24) is 20.7 Å². The smallest absolute Gasteiger partial charge is 0.335 e. The lowest BCUT2D eigenvalue weighted by molar-refractivity contribution is 0.0697. The number of likely N-dealkylation sites (N-methyl/N-ethyl adjacent to an activating group) is 1. The number of hydrogen-bond acceptors (Lipinski definition) is 4. The first kappa shape index (κ1) is 15.3. The third-order valence-corrected chi connectivity index (χ3v) is 3.42. The summed E-state index contributed by atoms with van der Waals surface area (Å²) in [5, 5.41) is 13.5. The Morgan fingerprint density at radius 3 is 2.33 bits per heavy atom. The Kier molecular flexibility index (Phi) is 5.13. The van der Waals surface area contributed by atoms with Crippen LogP contribution in [0.5, 0.6) is 0 Å². The van der Waals surface area contributed by atoms with Crippen molar-refractivity contribution in [2.75, 3.05) is 33.2 Å². The summed E-state index contributed by atoms with van der Waals surface area (Å²) in [5.74, 6) is -0.956. The van der Waals surface area contributed by atoms with Gasteiger partial charge in [-0.3, -0.25) is 5.43 Å². The van der Waals surface area contributed by atoms with Crippen LogP contribution in [0.1, 0.15) is 15.9 Å². The molecule has 3 N–H and O–H groups in total. The molecule has 1 aromatic rings. The molecule has 2 rings (SSSR count). The highest BCUT2D eigenvalue weighted by Gasteiger charge is 2.15. The van der Waals surface area contributed by atoms with Gasteiger partial charge in [0.25, 0.3) is 0 Å². The fraction of sp³-hybridized carbons (Fsp3) is 0.429. The Morgan fingerprint density at radius 2 is 1.76 bits per heavy atom. The summed E-state index contributed by atoms with van der Waals surface area (Å²) in [6.45, 7) is 3.82. The van der Waals surface area contributed by atoms with E-state index in [-0.39, 0.29) is 11.6 Å². The normalized spacial score (nSPS) is 16.4. The van der Waals surface area contributed by atoms with Gasteiger partial charge in [-0.1, -0.05) is 12.1 Å². The van der Waals surface area contributed by atoms with Crippen LogP contribution in [0.4, 0.5) is 4.79 Å². The van der Waals surface area contributed by atoms with Gasteiger partial charge < -0.3 is 15.3 Å². The van der Waals surface area contributed by atoms with Crippen LogP contribution in [0, 0.1) is 0 Å². The molecule has 0 bridgehead atoms. The number of piperazine rings is 1. The van der Waals surface area contributed by atoms with Crippen LogP contribution >= 0.6 is 0 Å². The first-order chi connectivity index (χ1) is 10.0.